The minimum Gasteiger partial charge on any atom is -0.469 e. The highest BCUT2D eigenvalue weighted by molar-refractivity contribution is 5.68. The molecule has 4 heterocycles. The predicted molar refractivity (Wildman–Crippen MR) is 252 cm³/mol. The highest BCUT2D eigenvalue weighted by Crippen LogP contribution is 2.39. The van der Waals surface area contributed by atoms with Gasteiger partial charge in [0, 0.05) is 70.4 Å². The molecule has 0 aromatic rings. The Bertz CT molecular complexity index is 1380. The molecule has 0 saturated carbocycles. The normalized spacial score (nSPS) is 39.1. The van der Waals surface area contributed by atoms with Crippen molar-refractivity contribution in [1.29, 1.82) is 0 Å². The quantitative estimate of drug-likeness (QED) is 0.0590. The first kappa shape index (κ1) is 60.3. The van der Waals surface area contributed by atoms with Crippen LogP contribution >= 0.6 is 0 Å². The van der Waals surface area contributed by atoms with E-state index in [4.69, 9.17) is 85.3 Å². The van der Waals surface area contributed by atoms with Crippen LogP contribution in [0.3, 0.4) is 0 Å². The number of hydrogen-bond acceptors (Lipinski definition) is 19. The first-order valence-corrected chi connectivity index (χ1v) is 25.4. The third-order valence-electron chi connectivity index (χ3n) is 14.3. The lowest BCUT2D eigenvalue weighted by Crippen LogP contribution is -2.67. The molecular formula is C50H92O19. The highest BCUT2D eigenvalue weighted by Gasteiger charge is 2.57. The van der Waals surface area contributed by atoms with E-state index in [-0.39, 0.29) is 30.4 Å². The maximum Gasteiger partial charge on any atom is 0.305 e. The van der Waals surface area contributed by atoms with Gasteiger partial charge in [-0.25, -0.2) is 0 Å². The molecule has 69 heavy (non-hydrogen) atoms. The van der Waals surface area contributed by atoms with E-state index >= 15 is 0 Å². The Morgan fingerprint density at radius 2 is 0.696 bits per heavy atom. The molecule has 4 aliphatic rings. The highest BCUT2D eigenvalue weighted by atomic mass is 16.8. The van der Waals surface area contributed by atoms with Crippen molar-refractivity contribution in [3.05, 3.63) is 0 Å². The first-order valence-electron chi connectivity index (χ1n) is 25.4. The van der Waals surface area contributed by atoms with Crippen LogP contribution < -0.4 is 0 Å². The Kier molecular flexibility index (Phi) is 27.6. The van der Waals surface area contributed by atoms with Crippen molar-refractivity contribution < 1.29 is 90.1 Å². The monoisotopic (exact) mass is 997 g/mol. The van der Waals surface area contributed by atoms with Gasteiger partial charge < -0.3 is 85.3 Å². The van der Waals surface area contributed by atoms with Crippen LogP contribution in [0.25, 0.3) is 0 Å². The molecule has 0 unspecified atom stereocenters. The molecule has 4 aliphatic heterocycles. The van der Waals surface area contributed by atoms with Crippen molar-refractivity contribution in [2.75, 3.05) is 71.1 Å². The standard InChI is InChI=1S/C50H92O19/c1-16-17-23-26-33(27-24-21-19-18-20-22-25-28-34(51)52-6)66-49-45(40(57-11)36(54-8)30(3)63-49)69-50-46(41(58-12)37(55-9)31(4)64-50)68-48-44(61-15)42(59-13)38(32(5)65-48)67-47-43(60-14)39(56-10)35(53-7)29(2)62-47/h29-33,35-50H,16-28H2,1-15H3/t29-,30-,31-,32+,33-,35-,36-,37-,38+,39+,40+,41+,42-,43-,44-,45-,46-,47+,48+,49+,50+/m1/s1. The molecule has 0 amide bonds. The van der Waals surface area contributed by atoms with Gasteiger partial charge >= 0.3 is 5.97 Å². The smallest absolute Gasteiger partial charge is 0.305 e. The summed E-state index contributed by atoms with van der Waals surface area (Å²) in [6, 6.07) is 0. The number of carbonyl (C=O) groups excluding carboxylic acids is 1. The summed E-state index contributed by atoms with van der Waals surface area (Å²) in [6.45, 7) is 9.84. The molecular weight excluding hydrogens is 905 g/mol. The molecule has 0 aromatic carbocycles. The van der Waals surface area contributed by atoms with Gasteiger partial charge in [-0.1, -0.05) is 64.7 Å². The molecule has 4 fully saturated rings. The predicted octanol–water partition coefficient (Wildman–Crippen LogP) is 5.91. The Labute approximate surface area is 413 Å². The van der Waals surface area contributed by atoms with Gasteiger partial charge in [-0.3, -0.25) is 4.79 Å². The van der Waals surface area contributed by atoms with E-state index < -0.39 is 105 Å². The van der Waals surface area contributed by atoms with Crippen molar-refractivity contribution in [2.45, 2.75) is 247 Å². The van der Waals surface area contributed by atoms with Crippen LogP contribution in [0.2, 0.25) is 0 Å². The largest absolute Gasteiger partial charge is 0.469 e. The van der Waals surface area contributed by atoms with Crippen molar-refractivity contribution >= 4 is 5.97 Å². The Morgan fingerprint density at radius 3 is 1.12 bits per heavy atom. The number of ether oxygens (including phenoxy) is 18. The topological polar surface area (TPSA) is 183 Å². The van der Waals surface area contributed by atoms with Crippen LogP contribution in [-0.2, 0) is 90.1 Å². The number of hydrogen-bond donors (Lipinski definition) is 0. The summed E-state index contributed by atoms with van der Waals surface area (Å²) < 4.78 is 113. The third-order valence-corrected chi connectivity index (χ3v) is 14.3. The second kappa shape index (κ2) is 31.5. The molecule has 4 rings (SSSR count). The molecule has 406 valence electrons. The molecule has 0 radical (unpaired) electrons. The van der Waals surface area contributed by atoms with Crippen molar-refractivity contribution in [2.24, 2.45) is 0 Å². The van der Waals surface area contributed by atoms with Gasteiger partial charge in [0.15, 0.2) is 25.2 Å². The van der Waals surface area contributed by atoms with Gasteiger partial charge in [-0.15, -0.1) is 0 Å². The van der Waals surface area contributed by atoms with E-state index in [9.17, 15) is 4.79 Å². The zero-order valence-corrected chi connectivity index (χ0v) is 44.6. The second-order valence-electron chi connectivity index (χ2n) is 18.8. The van der Waals surface area contributed by atoms with Crippen molar-refractivity contribution in [3.8, 4) is 0 Å². The Hall–Kier alpha value is -1.21. The summed E-state index contributed by atoms with van der Waals surface area (Å²) in [5, 5.41) is 0. The maximum absolute atomic E-state index is 11.5. The minimum absolute atomic E-state index is 0.0942. The fourth-order valence-corrected chi connectivity index (χ4v) is 10.5. The number of carbonyl (C=O) groups is 1. The van der Waals surface area contributed by atoms with E-state index in [1.807, 2.05) is 27.7 Å². The molecule has 0 aliphatic carbocycles. The van der Waals surface area contributed by atoms with Crippen LogP contribution in [0.1, 0.15) is 118 Å². The Balaban J connectivity index is 1.58. The van der Waals surface area contributed by atoms with Gasteiger partial charge in [0.25, 0.3) is 0 Å². The zero-order valence-electron chi connectivity index (χ0n) is 44.6. The molecule has 19 nitrogen and oxygen atoms in total. The minimum atomic E-state index is -1.07. The summed E-state index contributed by atoms with van der Waals surface area (Å²) in [6.07, 6.45) is -0.924. The molecule has 0 spiro atoms. The first-order chi connectivity index (χ1) is 33.3. The van der Waals surface area contributed by atoms with Crippen LogP contribution in [0.4, 0.5) is 0 Å². The van der Waals surface area contributed by atoms with Gasteiger partial charge in [0.1, 0.15) is 73.2 Å². The summed E-state index contributed by atoms with van der Waals surface area (Å²) in [5.74, 6) is -0.147. The summed E-state index contributed by atoms with van der Waals surface area (Å²) in [7, 11) is 15.9. The average Bonchev–Trinajstić information content (AvgIpc) is 3.34. The molecule has 4 saturated heterocycles. The average molecular weight is 997 g/mol. The van der Waals surface area contributed by atoms with E-state index in [0.29, 0.717) is 6.42 Å². The van der Waals surface area contributed by atoms with E-state index in [1.165, 1.54) is 7.11 Å². The number of unbranched alkanes of at least 4 members (excludes halogenated alkanes) is 8. The lowest BCUT2D eigenvalue weighted by molar-refractivity contribution is -0.401. The summed E-state index contributed by atoms with van der Waals surface area (Å²) in [5.41, 5.74) is 0. The number of rotatable bonds is 31. The van der Waals surface area contributed by atoms with Crippen LogP contribution in [0.5, 0.6) is 0 Å². The zero-order chi connectivity index (χ0) is 50.6. The van der Waals surface area contributed by atoms with Gasteiger partial charge in [0.05, 0.1) is 37.6 Å². The van der Waals surface area contributed by atoms with E-state index in [2.05, 4.69) is 6.92 Å². The fourth-order valence-electron chi connectivity index (χ4n) is 10.5. The third kappa shape index (κ3) is 16.1. The van der Waals surface area contributed by atoms with Gasteiger partial charge in [-0.2, -0.15) is 0 Å². The maximum atomic E-state index is 11.5. The van der Waals surface area contributed by atoms with E-state index in [0.717, 1.165) is 77.0 Å². The molecule has 21 atom stereocenters. The van der Waals surface area contributed by atoms with Crippen molar-refractivity contribution in [3.63, 3.8) is 0 Å². The van der Waals surface area contributed by atoms with Gasteiger partial charge in [-0.05, 0) is 47.0 Å². The van der Waals surface area contributed by atoms with Crippen LogP contribution in [-0.4, -0.2) is 206 Å². The molecule has 0 N–H and O–H groups in total. The SMILES string of the molecule is CCCCC[C@H](CCCCCCCCCC(=O)OC)O[C@@H]1O[C@H](C)[C@@H](OC)[C@H](OC)[C@H]1O[C@@H]1O[C@H](C)[C@@H](OC)[C@H](OC)[C@H]1O[C@@H]1O[C@@H](C)[C@H](O[C@@H]2O[C@H](C)[C@@H](OC)[C@H](OC)[C@H]2OC)[C@@H](OC)[C@H]1OC. The lowest BCUT2D eigenvalue weighted by Gasteiger charge is -2.51. The molecule has 0 bridgehead atoms. The summed E-state index contributed by atoms with van der Waals surface area (Å²) >= 11 is 0. The number of esters is 1. The van der Waals surface area contributed by atoms with Gasteiger partial charge in [0.2, 0.25) is 0 Å². The Morgan fingerprint density at radius 1 is 0.377 bits per heavy atom. The molecule has 0 aromatic heterocycles. The van der Waals surface area contributed by atoms with Crippen LogP contribution in [0, 0.1) is 0 Å². The number of methoxy groups -OCH3 is 10. The lowest BCUT2D eigenvalue weighted by atomic mass is 9.95. The van der Waals surface area contributed by atoms with Crippen molar-refractivity contribution in [1.82, 2.24) is 0 Å². The van der Waals surface area contributed by atoms with E-state index in [1.54, 1.807) is 64.0 Å². The second-order valence-corrected chi connectivity index (χ2v) is 18.8. The fraction of sp³-hybridized carbons (Fsp3) is 0.980. The molecule has 19 heteroatoms. The summed E-state index contributed by atoms with van der Waals surface area (Å²) in [4.78, 5) is 11.5. The van der Waals surface area contributed by atoms with Crippen LogP contribution in [0.15, 0.2) is 0 Å².